The smallest absolute Gasteiger partial charge is 0.230 e. The van der Waals surface area contributed by atoms with E-state index in [1.807, 2.05) is 11.8 Å². The second-order valence-corrected chi connectivity index (χ2v) is 5.93. The van der Waals surface area contributed by atoms with Gasteiger partial charge >= 0.3 is 0 Å². The molecule has 118 valence electrons. The molecule has 1 rings (SSSR count). The maximum absolute atomic E-state index is 12.9. The second kappa shape index (κ2) is 8.63. The molecular weight excluding hydrogens is 252 g/mol. The quantitative estimate of drug-likeness (QED) is 0.745. The van der Waals surface area contributed by atoms with E-state index in [4.69, 9.17) is 10.5 Å². The second-order valence-electron chi connectivity index (χ2n) is 5.93. The van der Waals surface area contributed by atoms with Gasteiger partial charge in [-0.3, -0.25) is 4.79 Å². The monoisotopic (exact) mass is 284 g/mol. The average Bonchev–Trinajstić information content (AvgIpc) is 2.47. The van der Waals surface area contributed by atoms with Crippen molar-refractivity contribution in [2.24, 2.45) is 11.1 Å². The normalized spacial score (nSPS) is 17.5. The molecule has 0 bridgehead atoms. The zero-order chi connectivity index (χ0) is 15.0. The number of amides is 1. The molecule has 1 heterocycles. The fourth-order valence-corrected chi connectivity index (χ4v) is 3.38. The molecule has 4 nitrogen and oxygen atoms in total. The molecule has 1 saturated heterocycles. The predicted octanol–water partition coefficient (Wildman–Crippen LogP) is 2.56. The fourth-order valence-electron chi connectivity index (χ4n) is 3.38. The van der Waals surface area contributed by atoms with Crippen LogP contribution < -0.4 is 5.73 Å². The molecule has 4 heteroatoms. The van der Waals surface area contributed by atoms with Gasteiger partial charge in [-0.2, -0.15) is 0 Å². The Labute approximate surface area is 124 Å². The van der Waals surface area contributed by atoms with Crippen LogP contribution >= 0.6 is 0 Å². The molecule has 0 radical (unpaired) electrons. The summed E-state index contributed by atoms with van der Waals surface area (Å²) in [7, 11) is 0. The van der Waals surface area contributed by atoms with Crippen molar-refractivity contribution in [2.75, 3.05) is 26.2 Å². The molecule has 20 heavy (non-hydrogen) atoms. The van der Waals surface area contributed by atoms with E-state index in [0.717, 1.165) is 58.2 Å². The molecule has 1 amide bonds. The number of carbonyl (C=O) groups is 1. The van der Waals surface area contributed by atoms with Gasteiger partial charge in [0.1, 0.15) is 0 Å². The molecule has 2 N–H and O–H groups in total. The molecule has 0 unspecified atom stereocenters. The molecule has 0 aromatic carbocycles. The Balaban J connectivity index is 2.66. The summed E-state index contributed by atoms with van der Waals surface area (Å²) in [6.07, 6.45) is 6.07. The Morgan fingerprint density at radius 1 is 1.20 bits per heavy atom. The van der Waals surface area contributed by atoms with Crippen LogP contribution in [0, 0.1) is 5.41 Å². The van der Waals surface area contributed by atoms with Crippen LogP contribution in [0.5, 0.6) is 0 Å². The number of likely N-dealkylation sites (tertiary alicyclic amines) is 1. The largest absolute Gasteiger partial charge is 0.378 e. The number of piperidine rings is 1. The first-order chi connectivity index (χ1) is 9.63. The molecule has 0 aromatic heterocycles. The van der Waals surface area contributed by atoms with Gasteiger partial charge in [0.2, 0.25) is 5.91 Å². The summed E-state index contributed by atoms with van der Waals surface area (Å²) in [4.78, 5) is 14.9. The van der Waals surface area contributed by atoms with Gasteiger partial charge in [0.25, 0.3) is 0 Å². The summed E-state index contributed by atoms with van der Waals surface area (Å²) in [5.74, 6) is 0.277. The standard InChI is InChI=1S/C16H32N2O2/c1-4-9-16(13-17,10-5-2)15(19)18-11-7-14(8-12-18)20-6-3/h14H,4-13,17H2,1-3H3. The van der Waals surface area contributed by atoms with Gasteiger partial charge in [0, 0.05) is 26.2 Å². The van der Waals surface area contributed by atoms with Crippen molar-refractivity contribution in [3.8, 4) is 0 Å². The van der Waals surface area contributed by atoms with E-state index >= 15 is 0 Å². The first-order valence-electron chi connectivity index (χ1n) is 8.24. The van der Waals surface area contributed by atoms with Crippen molar-refractivity contribution in [3.63, 3.8) is 0 Å². The van der Waals surface area contributed by atoms with Crippen molar-refractivity contribution in [3.05, 3.63) is 0 Å². The minimum Gasteiger partial charge on any atom is -0.378 e. The van der Waals surface area contributed by atoms with E-state index in [-0.39, 0.29) is 11.3 Å². The van der Waals surface area contributed by atoms with Gasteiger partial charge in [-0.15, -0.1) is 0 Å². The number of rotatable bonds is 8. The van der Waals surface area contributed by atoms with Crippen LogP contribution in [0.2, 0.25) is 0 Å². The highest BCUT2D eigenvalue weighted by Crippen LogP contribution is 2.32. The van der Waals surface area contributed by atoms with Crippen molar-refractivity contribution in [1.82, 2.24) is 4.90 Å². The summed E-state index contributed by atoms with van der Waals surface area (Å²) < 4.78 is 5.66. The number of hydrogen-bond donors (Lipinski definition) is 1. The molecular formula is C16H32N2O2. The fraction of sp³-hybridized carbons (Fsp3) is 0.938. The SMILES string of the molecule is CCCC(CN)(CCC)C(=O)N1CCC(OCC)CC1. The molecule has 0 spiro atoms. The highest BCUT2D eigenvalue weighted by Gasteiger charge is 2.39. The van der Waals surface area contributed by atoms with Crippen LogP contribution in [0.25, 0.3) is 0 Å². The lowest BCUT2D eigenvalue weighted by molar-refractivity contribution is -0.145. The topological polar surface area (TPSA) is 55.6 Å². The third-order valence-electron chi connectivity index (χ3n) is 4.43. The van der Waals surface area contributed by atoms with Crippen LogP contribution in [0.3, 0.4) is 0 Å². The summed E-state index contributed by atoms with van der Waals surface area (Å²) in [6, 6.07) is 0. The maximum Gasteiger partial charge on any atom is 0.230 e. The Hall–Kier alpha value is -0.610. The first-order valence-corrected chi connectivity index (χ1v) is 8.24. The summed E-state index contributed by atoms with van der Waals surface area (Å²) in [5, 5.41) is 0. The van der Waals surface area contributed by atoms with E-state index in [1.54, 1.807) is 0 Å². The Morgan fingerprint density at radius 3 is 2.15 bits per heavy atom. The minimum absolute atomic E-state index is 0.277. The van der Waals surface area contributed by atoms with Crippen molar-refractivity contribution in [1.29, 1.82) is 0 Å². The lowest BCUT2D eigenvalue weighted by Crippen LogP contribution is -2.51. The van der Waals surface area contributed by atoms with Crippen LogP contribution in [0.1, 0.15) is 59.3 Å². The van der Waals surface area contributed by atoms with Crippen molar-refractivity contribution < 1.29 is 9.53 Å². The van der Waals surface area contributed by atoms with Gasteiger partial charge in [0.15, 0.2) is 0 Å². The van der Waals surface area contributed by atoms with Crippen molar-refractivity contribution in [2.45, 2.75) is 65.4 Å². The summed E-state index contributed by atoms with van der Waals surface area (Å²) >= 11 is 0. The van der Waals surface area contributed by atoms with Gasteiger partial charge in [-0.1, -0.05) is 26.7 Å². The molecule has 1 aliphatic rings. The van der Waals surface area contributed by atoms with E-state index in [9.17, 15) is 4.79 Å². The molecule has 1 fully saturated rings. The first kappa shape index (κ1) is 17.4. The van der Waals surface area contributed by atoms with Crippen LogP contribution in [0.4, 0.5) is 0 Å². The zero-order valence-corrected chi connectivity index (χ0v) is 13.5. The number of carbonyl (C=O) groups excluding carboxylic acids is 1. The third kappa shape index (κ3) is 4.19. The third-order valence-corrected chi connectivity index (χ3v) is 4.43. The lowest BCUT2D eigenvalue weighted by atomic mass is 9.77. The zero-order valence-electron chi connectivity index (χ0n) is 13.5. The van der Waals surface area contributed by atoms with Crippen LogP contribution in [0.15, 0.2) is 0 Å². The number of nitrogens with two attached hydrogens (primary N) is 1. The molecule has 0 saturated carbocycles. The van der Waals surface area contributed by atoms with Gasteiger partial charge < -0.3 is 15.4 Å². The molecule has 0 atom stereocenters. The van der Waals surface area contributed by atoms with E-state index < -0.39 is 0 Å². The van der Waals surface area contributed by atoms with E-state index in [0.29, 0.717) is 12.6 Å². The number of ether oxygens (including phenoxy) is 1. The molecule has 0 aromatic rings. The Kier molecular flexibility index (Phi) is 7.52. The highest BCUT2D eigenvalue weighted by molar-refractivity contribution is 5.83. The highest BCUT2D eigenvalue weighted by atomic mass is 16.5. The predicted molar refractivity (Wildman–Crippen MR) is 82.5 cm³/mol. The van der Waals surface area contributed by atoms with Gasteiger partial charge in [-0.05, 0) is 32.6 Å². The summed E-state index contributed by atoms with van der Waals surface area (Å²) in [5.41, 5.74) is 5.66. The Morgan fingerprint density at radius 2 is 1.75 bits per heavy atom. The minimum atomic E-state index is -0.331. The van der Waals surface area contributed by atoms with Crippen molar-refractivity contribution >= 4 is 5.91 Å². The maximum atomic E-state index is 12.9. The van der Waals surface area contributed by atoms with E-state index in [2.05, 4.69) is 13.8 Å². The number of nitrogens with zero attached hydrogens (tertiary/aromatic N) is 1. The lowest BCUT2D eigenvalue weighted by Gasteiger charge is -2.39. The van der Waals surface area contributed by atoms with Crippen LogP contribution in [-0.4, -0.2) is 43.2 Å². The molecule has 0 aliphatic carbocycles. The van der Waals surface area contributed by atoms with Gasteiger partial charge in [0.05, 0.1) is 11.5 Å². The van der Waals surface area contributed by atoms with E-state index in [1.165, 1.54) is 0 Å². The Bertz CT molecular complexity index is 280. The molecule has 1 aliphatic heterocycles. The van der Waals surface area contributed by atoms with Crippen LogP contribution in [-0.2, 0) is 9.53 Å². The average molecular weight is 284 g/mol. The van der Waals surface area contributed by atoms with Gasteiger partial charge in [-0.25, -0.2) is 0 Å². The number of hydrogen-bond acceptors (Lipinski definition) is 3. The summed E-state index contributed by atoms with van der Waals surface area (Å²) in [6.45, 7) is 9.16.